The summed E-state index contributed by atoms with van der Waals surface area (Å²) < 4.78 is 7.02. The van der Waals surface area contributed by atoms with Gasteiger partial charge in [-0.2, -0.15) is 0 Å². The number of ether oxygens (including phenoxy) is 1. The van der Waals surface area contributed by atoms with Crippen molar-refractivity contribution in [3.8, 4) is 0 Å². The summed E-state index contributed by atoms with van der Waals surface area (Å²) in [7, 11) is 1.75. The van der Waals surface area contributed by atoms with Crippen molar-refractivity contribution in [1.82, 2.24) is 24.6 Å². The van der Waals surface area contributed by atoms with Crippen LogP contribution in [0.1, 0.15) is 34.2 Å². The van der Waals surface area contributed by atoms with E-state index in [0.29, 0.717) is 26.3 Å². The molecule has 2 aromatic heterocycles. The largest absolute Gasteiger partial charge is 0.377 e. The minimum atomic E-state index is -0.138. The summed E-state index contributed by atoms with van der Waals surface area (Å²) in [6.07, 6.45) is 6.02. The molecule has 0 fully saturated rings. The van der Waals surface area contributed by atoms with Crippen LogP contribution in [0.3, 0.4) is 0 Å². The van der Waals surface area contributed by atoms with Gasteiger partial charge < -0.3 is 9.64 Å². The Balaban J connectivity index is 1.78. The van der Waals surface area contributed by atoms with Gasteiger partial charge in [-0.15, -0.1) is 5.10 Å². The average Bonchev–Trinajstić information content (AvgIpc) is 2.98. The van der Waals surface area contributed by atoms with Gasteiger partial charge in [-0.3, -0.25) is 14.5 Å². The summed E-state index contributed by atoms with van der Waals surface area (Å²) in [5.41, 5.74) is 3.44. The van der Waals surface area contributed by atoms with Crippen molar-refractivity contribution in [2.45, 2.75) is 26.5 Å². The normalized spacial score (nSPS) is 14.0. The van der Waals surface area contributed by atoms with E-state index in [0.717, 1.165) is 17.5 Å². The highest BCUT2D eigenvalue weighted by molar-refractivity contribution is 5.90. The third-order valence-corrected chi connectivity index (χ3v) is 3.77. The second-order valence-electron chi connectivity index (χ2n) is 5.29. The molecule has 1 aliphatic heterocycles. The fourth-order valence-electron chi connectivity index (χ4n) is 2.66. The number of hydrogen-bond donors (Lipinski definition) is 0. The van der Waals surface area contributed by atoms with Crippen LogP contribution in [0.15, 0.2) is 18.7 Å². The van der Waals surface area contributed by atoms with Crippen molar-refractivity contribution in [2.75, 3.05) is 13.2 Å². The van der Waals surface area contributed by atoms with E-state index >= 15 is 0 Å². The highest BCUT2D eigenvalue weighted by Gasteiger charge is 2.25. The molecular formula is C15H19N5O2. The Kier molecular flexibility index (Phi) is 4.15. The molecule has 116 valence electrons. The average molecular weight is 301 g/mol. The first-order valence-electron chi connectivity index (χ1n) is 7.36. The SMILES string of the molecule is CCOCc1cncc2c1CCN(C(=O)c1ncn(C)n1)C2. The van der Waals surface area contributed by atoms with Gasteiger partial charge in [-0.1, -0.05) is 0 Å². The minimum absolute atomic E-state index is 0.138. The molecule has 0 radical (unpaired) electrons. The van der Waals surface area contributed by atoms with Crippen LogP contribution >= 0.6 is 0 Å². The Bertz CT molecular complexity index is 682. The molecule has 7 nitrogen and oxygen atoms in total. The van der Waals surface area contributed by atoms with E-state index in [-0.39, 0.29) is 11.7 Å². The standard InChI is InChI=1S/C15H19N5O2/c1-3-22-9-12-7-16-6-11-8-20(5-4-13(11)12)15(21)14-17-10-19(2)18-14/h6-7,10H,3-5,8-9H2,1-2H3. The number of aryl methyl sites for hydroxylation is 1. The van der Waals surface area contributed by atoms with Crippen LogP contribution in [0.5, 0.6) is 0 Å². The number of carbonyl (C=O) groups is 1. The monoisotopic (exact) mass is 301 g/mol. The highest BCUT2D eigenvalue weighted by Crippen LogP contribution is 2.23. The second kappa shape index (κ2) is 6.23. The molecule has 0 aromatic carbocycles. The zero-order valence-corrected chi connectivity index (χ0v) is 12.8. The molecule has 1 aliphatic rings. The van der Waals surface area contributed by atoms with E-state index in [4.69, 9.17) is 4.74 Å². The van der Waals surface area contributed by atoms with Gasteiger partial charge in [0.15, 0.2) is 0 Å². The van der Waals surface area contributed by atoms with Crippen molar-refractivity contribution < 1.29 is 9.53 Å². The molecule has 0 aliphatic carbocycles. The molecular weight excluding hydrogens is 282 g/mol. The second-order valence-corrected chi connectivity index (χ2v) is 5.29. The van der Waals surface area contributed by atoms with Gasteiger partial charge in [0.2, 0.25) is 5.82 Å². The fraction of sp³-hybridized carbons (Fsp3) is 0.467. The summed E-state index contributed by atoms with van der Waals surface area (Å²) in [4.78, 5) is 22.5. The van der Waals surface area contributed by atoms with Crippen molar-refractivity contribution >= 4 is 5.91 Å². The zero-order valence-electron chi connectivity index (χ0n) is 12.8. The van der Waals surface area contributed by atoms with Crippen molar-refractivity contribution in [1.29, 1.82) is 0 Å². The molecule has 22 heavy (non-hydrogen) atoms. The summed E-state index contributed by atoms with van der Waals surface area (Å²) >= 11 is 0. The minimum Gasteiger partial charge on any atom is -0.377 e. The maximum atomic E-state index is 12.4. The predicted molar refractivity (Wildman–Crippen MR) is 79.0 cm³/mol. The van der Waals surface area contributed by atoms with E-state index in [1.54, 1.807) is 11.9 Å². The van der Waals surface area contributed by atoms with Gasteiger partial charge in [0.25, 0.3) is 5.91 Å². The number of hydrogen-bond acceptors (Lipinski definition) is 5. The van der Waals surface area contributed by atoms with Crippen LogP contribution in [-0.2, 0) is 31.4 Å². The number of aromatic nitrogens is 4. The number of fused-ring (bicyclic) bond motifs is 1. The zero-order chi connectivity index (χ0) is 15.5. The first-order chi connectivity index (χ1) is 10.7. The van der Waals surface area contributed by atoms with Crippen LogP contribution in [-0.4, -0.2) is 43.7 Å². The van der Waals surface area contributed by atoms with Gasteiger partial charge >= 0.3 is 0 Å². The van der Waals surface area contributed by atoms with Crippen LogP contribution in [0.2, 0.25) is 0 Å². The molecule has 0 saturated carbocycles. The molecule has 0 saturated heterocycles. The number of rotatable bonds is 4. The smallest absolute Gasteiger partial charge is 0.293 e. The van der Waals surface area contributed by atoms with Crippen molar-refractivity contribution in [2.24, 2.45) is 7.05 Å². The van der Waals surface area contributed by atoms with Crippen LogP contribution < -0.4 is 0 Å². The Morgan fingerprint density at radius 3 is 3.00 bits per heavy atom. The lowest BCUT2D eigenvalue weighted by atomic mass is 9.97. The molecule has 0 bridgehead atoms. The predicted octanol–water partition coefficient (Wildman–Crippen LogP) is 0.945. The summed E-state index contributed by atoms with van der Waals surface area (Å²) in [6, 6.07) is 0. The molecule has 7 heteroatoms. The van der Waals surface area contributed by atoms with E-state index in [9.17, 15) is 4.79 Å². The van der Waals surface area contributed by atoms with Gasteiger partial charge in [0.05, 0.1) is 6.61 Å². The third-order valence-electron chi connectivity index (χ3n) is 3.77. The Morgan fingerprint density at radius 2 is 2.27 bits per heavy atom. The van der Waals surface area contributed by atoms with E-state index in [2.05, 4.69) is 15.1 Å². The topological polar surface area (TPSA) is 73.1 Å². The first-order valence-corrected chi connectivity index (χ1v) is 7.36. The molecule has 0 spiro atoms. The quantitative estimate of drug-likeness (QED) is 0.840. The number of nitrogens with zero attached hydrogens (tertiary/aromatic N) is 5. The van der Waals surface area contributed by atoms with Crippen LogP contribution in [0, 0.1) is 0 Å². The molecule has 2 aromatic rings. The van der Waals surface area contributed by atoms with Crippen LogP contribution in [0.25, 0.3) is 0 Å². The van der Waals surface area contributed by atoms with Crippen molar-refractivity contribution in [3.05, 3.63) is 41.2 Å². The van der Waals surface area contributed by atoms with Crippen LogP contribution in [0.4, 0.5) is 0 Å². The molecule has 3 rings (SSSR count). The maximum absolute atomic E-state index is 12.4. The summed E-state index contributed by atoms with van der Waals surface area (Å²) in [6.45, 7) is 4.43. The Morgan fingerprint density at radius 1 is 1.41 bits per heavy atom. The lowest BCUT2D eigenvalue weighted by Gasteiger charge is -2.29. The molecule has 1 amide bonds. The van der Waals surface area contributed by atoms with Gasteiger partial charge in [0.1, 0.15) is 6.33 Å². The molecule has 0 atom stereocenters. The van der Waals surface area contributed by atoms with Crippen molar-refractivity contribution in [3.63, 3.8) is 0 Å². The lowest BCUT2D eigenvalue weighted by molar-refractivity contribution is 0.0720. The summed E-state index contributed by atoms with van der Waals surface area (Å²) in [5, 5.41) is 4.08. The molecule has 0 N–H and O–H groups in total. The first kappa shape index (κ1) is 14.6. The number of carbonyl (C=O) groups excluding carboxylic acids is 1. The van der Waals surface area contributed by atoms with Gasteiger partial charge in [-0.05, 0) is 30.0 Å². The van der Waals surface area contributed by atoms with Gasteiger partial charge in [-0.25, -0.2) is 4.98 Å². The Hall–Kier alpha value is -2.28. The number of pyridine rings is 1. The summed E-state index contributed by atoms with van der Waals surface area (Å²) in [5.74, 6) is 0.103. The lowest BCUT2D eigenvalue weighted by Crippen LogP contribution is -2.37. The highest BCUT2D eigenvalue weighted by atomic mass is 16.5. The molecule has 0 unspecified atom stereocenters. The van der Waals surface area contributed by atoms with Gasteiger partial charge in [0, 0.05) is 39.1 Å². The van der Waals surface area contributed by atoms with E-state index in [1.807, 2.05) is 19.3 Å². The maximum Gasteiger partial charge on any atom is 0.293 e. The number of amides is 1. The molecule has 3 heterocycles. The van der Waals surface area contributed by atoms with E-state index < -0.39 is 0 Å². The van der Waals surface area contributed by atoms with E-state index in [1.165, 1.54) is 16.6 Å². The fourth-order valence-corrected chi connectivity index (χ4v) is 2.66. The Labute approximate surface area is 128 Å². The third kappa shape index (κ3) is 2.85.